The molecule has 2 N–H and O–H groups in total. The molecule has 0 aliphatic heterocycles. The average molecular weight is 266 g/mol. The first-order valence-electron chi connectivity index (χ1n) is 7.03. The van der Waals surface area contributed by atoms with Crippen molar-refractivity contribution in [2.45, 2.75) is 33.6 Å². The van der Waals surface area contributed by atoms with Gasteiger partial charge in [-0.3, -0.25) is 4.79 Å². The van der Waals surface area contributed by atoms with E-state index in [-0.39, 0.29) is 11.5 Å². The van der Waals surface area contributed by atoms with E-state index in [1.54, 1.807) is 0 Å². The van der Waals surface area contributed by atoms with Gasteiger partial charge < -0.3 is 15.5 Å². The molecule has 0 aliphatic rings. The van der Waals surface area contributed by atoms with Gasteiger partial charge in [-0.15, -0.1) is 0 Å². The van der Waals surface area contributed by atoms with Crippen LogP contribution in [-0.2, 0) is 4.79 Å². The molecule has 0 aromatic carbocycles. The fourth-order valence-electron chi connectivity index (χ4n) is 1.60. The topological polar surface area (TPSA) is 68.2 Å². The van der Waals surface area contributed by atoms with Crippen LogP contribution in [0.5, 0.6) is 0 Å². The predicted molar refractivity (Wildman–Crippen MR) is 77.4 cm³/mol. The number of carbonyl (C=O) groups excluding carboxylic acids is 1. The Morgan fingerprint density at radius 1 is 1.26 bits per heavy atom. The van der Waals surface area contributed by atoms with E-state index in [2.05, 4.69) is 29.4 Å². The van der Waals surface area contributed by atoms with E-state index >= 15 is 0 Å². The number of amides is 1. The van der Waals surface area contributed by atoms with E-state index in [9.17, 15) is 4.79 Å². The third-order valence-corrected chi connectivity index (χ3v) is 2.84. The Labute approximate surface area is 116 Å². The Hall–Kier alpha value is -1.54. The summed E-state index contributed by atoms with van der Waals surface area (Å²) >= 11 is 0. The lowest BCUT2D eigenvalue weighted by Crippen LogP contribution is -2.27. The summed E-state index contributed by atoms with van der Waals surface area (Å²) in [5.74, 6) is -0.305. The Balaban J connectivity index is 3.95. The number of nitriles is 1. The quantitative estimate of drug-likeness (QED) is 0.355. The standard InChI is InChI=1S/C14H26N4O/c1-4-8-17-14(19)13(11-15)12-16-9-7-10-18(5-2)6-3/h12,16H,4-10H2,1-3H3,(H,17,19)/b13-12-. The highest BCUT2D eigenvalue weighted by atomic mass is 16.1. The van der Waals surface area contributed by atoms with Crippen LogP contribution in [0, 0.1) is 11.3 Å². The van der Waals surface area contributed by atoms with Crippen molar-refractivity contribution < 1.29 is 4.79 Å². The molecule has 0 atom stereocenters. The molecule has 0 aromatic rings. The van der Waals surface area contributed by atoms with Crippen molar-refractivity contribution >= 4 is 5.91 Å². The van der Waals surface area contributed by atoms with Crippen molar-refractivity contribution in [2.24, 2.45) is 0 Å². The van der Waals surface area contributed by atoms with Gasteiger partial charge in [0.2, 0.25) is 0 Å². The molecule has 0 aliphatic carbocycles. The summed E-state index contributed by atoms with van der Waals surface area (Å²) in [6.45, 7) is 10.7. The van der Waals surface area contributed by atoms with Crippen LogP contribution < -0.4 is 10.6 Å². The van der Waals surface area contributed by atoms with Gasteiger partial charge in [-0.05, 0) is 32.5 Å². The zero-order chi connectivity index (χ0) is 14.5. The monoisotopic (exact) mass is 266 g/mol. The normalized spacial score (nSPS) is 11.2. The summed E-state index contributed by atoms with van der Waals surface area (Å²) in [5.41, 5.74) is 0.135. The number of hydrogen-bond donors (Lipinski definition) is 2. The minimum atomic E-state index is -0.305. The second kappa shape index (κ2) is 11.5. The van der Waals surface area contributed by atoms with E-state index in [1.165, 1.54) is 6.20 Å². The summed E-state index contributed by atoms with van der Waals surface area (Å²) < 4.78 is 0. The molecular weight excluding hydrogens is 240 g/mol. The highest BCUT2D eigenvalue weighted by Gasteiger charge is 2.06. The molecule has 0 rings (SSSR count). The Morgan fingerprint density at radius 3 is 2.47 bits per heavy atom. The van der Waals surface area contributed by atoms with Crippen molar-refractivity contribution in [3.8, 4) is 6.07 Å². The molecule has 5 nitrogen and oxygen atoms in total. The summed E-state index contributed by atoms with van der Waals surface area (Å²) in [5, 5.41) is 14.6. The third-order valence-electron chi connectivity index (χ3n) is 2.84. The lowest BCUT2D eigenvalue weighted by atomic mass is 10.3. The van der Waals surface area contributed by atoms with Gasteiger partial charge in [0.25, 0.3) is 5.91 Å². The Kier molecular flexibility index (Phi) is 10.6. The van der Waals surface area contributed by atoms with Gasteiger partial charge >= 0.3 is 0 Å². The highest BCUT2D eigenvalue weighted by molar-refractivity contribution is 5.97. The first-order chi connectivity index (χ1) is 9.19. The highest BCUT2D eigenvalue weighted by Crippen LogP contribution is 1.92. The first-order valence-corrected chi connectivity index (χ1v) is 7.03. The third kappa shape index (κ3) is 8.22. The van der Waals surface area contributed by atoms with E-state index in [0.717, 1.165) is 39.0 Å². The number of rotatable bonds is 10. The van der Waals surface area contributed by atoms with Gasteiger partial charge in [-0.1, -0.05) is 20.8 Å². The van der Waals surface area contributed by atoms with Gasteiger partial charge in [-0.2, -0.15) is 5.26 Å². The number of hydrogen-bond acceptors (Lipinski definition) is 4. The van der Waals surface area contributed by atoms with Gasteiger partial charge in [0.1, 0.15) is 11.6 Å². The molecule has 0 saturated carbocycles. The molecule has 0 aromatic heterocycles. The summed E-state index contributed by atoms with van der Waals surface area (Å²) in [7, 11) is 0. The molecular formula is C14H26N4O. The minimum Gasteiger partial charge on any atom is -0.390 e. The predicted octanol–water partition coefficient (Wildman–Crippen LogP) is 1.24. The molecule has 5 heteroatoms. The van der Waals surface area contributed by atoms with Crippen LogP contribution in [0.25, 0.3) is 0 Å². The Morgan fingerprint density at radius 2 is 1.95 bits per heavy atom. The molecule has 0 saturated heterocycles. The average Bonchev–Trinajstić information content (AvgIpc) is 2.44. The van der Waals surface area contributed by atoms with Crippen molar-refractivity contribution in [3.05, 3.63) is 11.8 Å². The van der Waals surface area contributed by atoms with Crippen LogP contribution in [-0.4, -0.2) is 43.5 Å². The molecule has 0 bridgehead atoms. The maximum atomic E-state index is 11.5. The van der Waals surface area contributed by atoms with Crippen LogP contribution in [0.2, 0.25) is 0 Å². The zero-order valence-corrected chi connectivity index (χ0v) is 12.3. The first kappa shape index (κ1) is 17.5. The van der Waals surface area contributed by atoms with Crippen LogP contribution in [0.3, 0.4) is 0 Å². The SMILES string of the molecule is CCCNC(=O)/C(C#N)=C\NCCCN(CC)CC. The van der Waals surface area contributed by atoms with Gasteiger partial charge in [-0.25, -0.2) is 0 Å². The minimum absolute atomic E-state index is 0.135. The van der Waals surface area contributed by atoms with Gasteiger partial charge in [0, 0.05) is 19.3 Å². The second-order valence-corrected chi connectivity index (χ2v) is 4.26. The lowest BCUT2D eigenvalue weighted by Gasteiger charge is -2.17. The molecule has 1 amide bonds. The van der Waals surface area contributed by atoms with Gasteiger partial charge in [0.15, 0.2) is 0 Å². The maximum absolute atomic E-state index is 11.5. The van der Waals surface area contributed by atoms with Crippen molar-refractivity contribution in [2.75, 3.05) is 32.7 Å². The van der Waals surface area contributed by atoms with E-state index in [4.69, 9.17) is 5.26 Å². The smallest absolute Gasteiger partial charge is 0.263 e. The van der Waals surface area contributed by atoms with E-state index < -0.39 is 0 Å². The number of nitrogens with one attached hydrogen (secondary N) is 2. The van der Waals surface area contributed by atoms with Crippen LogP contribution in [0.1, 0.15) is 33.6 Å². The summed E-state index contributed by atoms with van der Waals surface area (Å²) in [6.07, 6.45) is 3.36. The van der Waals surface area contributed by atoms with E-state index in [0.29, 0.717) is 6.54 Å². The lowest BCUT2D eigenvalue weighted by molar-refractivity contribution is -0.117. The van der Waals surface area contributed by atoms with Gasteiger partial charge in [0.05, 0.1) is 0 Å². The fraction of sp³-hybridized carbons (Fsp3) is 0.714. The van der Waals surface area contributed by atoms with Crippen LogP contribution >= 0.6 is 0 Å². The molecule has 0 radical (unpaired) electrons. The molecule has 108 valence electrons. The molecule has 0 heterocycles. The fourth-order valence-corrected chi connectivity index (χ4v) is 1.60. The Bertz CT molecular complexity index is 316. The molecule has 0 spiro atoms. The molecule has 0 fully saturated rings. The van der Waals surface area contributed by atoms with E-state index in [1.807, 2.05) is 13.0 Å². The zero-order valence-electron chi connectivity index (χ0n) is 12.3. The number of nitrogens with zero attached hydrogens (tertiary/aromatic N) is 2. The van der Waals surface area contributed by atoms with Crippen molar-refractivity contribution in [3.63, 3.8) is 0 Å². The summed E-state index contributed by atoms with van der Waals surface area (Å²) in [4.78, 5) is 13.9. The summed E-state index contributed by atoms with van der Waals surface area (Å²) in [6, 6.07) is 1.91. The van der Waals surface area contributed by atoms with Crippen LogP contribution in [0.4, 0.5) is 0 Å². The van der Waals surface area contributed by atoms with Crippen LogP contribution in [0.15, 0.2) is 11.8 Å². The second-order valence-electron chi connectivity index (χ2n) is 4.26. The number of carbonyl (C=O) groups is 1. The maximum Gasteiger partial charge on any atom is 0.263 e. The molecule has 0 unspecified atom stereocenters. The molecule has 19 heavy (non-hydrogen) atoms. The largest absolute Gasteiger partial charge is 0.390 e. The van der Waals surface area contributed by atoms with Crippen molar-refractivity contribution in [1.82, 2.24) is 15.5 Å². The van der Waals surface area contributed by atoms with Crippen molar-refractivity contribution in [1.29, 1.82) is 5.26 Å².